The summed E-state index contributed by atoms with van der Waals surface area (Å²) in [5.41, 5.74) is 3.14. The SMILES string of the molecule is O=C(NCCO)c1ccc(-c2cc(Oc3ccc4nc(NC5CCCCC5)sc4c3)ccn2)cc1. The highest BCUT2D eigenvalue weighted by molar-refractivity contribution is 7.22. The second kappa shape index (κ2) is 10.8. The van der Waals surface area contributed by atoms with Gasteiger partial charge in [0.15, 0.2) is 5.13 Å². The number of benzene rings is 2. The molecule has 3 N–H and O–H groups in total. The molecule has 0 bridgehead atoms. The van der Waals surface area contributed by atoms with E-state index in [0.717, 1.165) is 32.4 Å². The molecule has 2 aromatic carbocycles. The van der Waals surface area contributed by atoms with Crippen molar-refractivity contribution < 1.29 is 14.6 Å². The van der Waals surface area contributed by atoms with Gasteiger partial charge in [0.2, 0.25) is 0 Å². The molecule has 7 nitrogen and oxygen atoms in total. The van der Waals surface area contributed by atoms with E-state index in [4.69, 9.17) is 14.8 Å². The standard InChI is InChI=1S/C27H28N4O3S/c32-15-14-29-26(33)19-8-6-18(7-9-19)24-16-22(12-13-28-24)34-21-10-11-23-25(17-21)35-27(31-23)30-20-4-2-1-3-5-20/h6-13,16-17,20,32H,1-5,14-15H2,(H,29,33)(H,30,31). The molecule has 1 amide bonds. The summed E-state index contributed by atoms with van der Waals surface area (Å²) in [6, 6.07) is 17.4. The maximum atomic E-state index is 12.0. The number of aliphatic hydroxyl groups excluding tert-OH is 1. The van der Waals surface area contributed by atoms with Crippen LogP contribution in [0.1, 0.15) is 42.5 Å². The first-order chi connectivity index (χ1) is 17.2. The Morgan fingerprint density at radius 2 is 1.83 bits per heavy atom. The van der Waals surface area contributed by atoms with Crippen molar-refractivity contribution in [1.29, 1.82) is 0 Å². The number of nitrogens with one attached hydrogen (secondary N) is 2. The Balaban J connectivity index is 1.28. The van der Waals surface area contributed by atoms with E-state index >= 15 is 0 Å². The second-order valence-corrected chi connectivity index (χ2v) is 9.69. The normalized spacial score (nSPS) is 14.1. The van der Waals surface area contributed by atoms with Gasteiger partial charge in [-0.15, -0.1) is 0 Å². The Morgan fingerprint density at radius 1 is 1.03 bits per heavy atom. The van der Waals surface area contributed by atoms with Gasteiger partial charge in [0.1, 0.15) is 11.5 Å². The number of rotatable bonds is 8. The fourth-order valence-corrected chi connectivity index (χ4v) is 5.26. The molecule has 35 heavy (non-hydrogen) atoms. The van der Waals surface area contributed by atoms with Crippen molar-refractivity contribution in [2.45, 2.75) is 38.1 Å². The summed E-state index contributed by atoms with van der Waals surface area (Å²) in [5.74, 6) is 1.22. The highest BCUT2D eigenvalue weighted by Crippen LogP contribution is 2.33. The molecule has 0 unspecified atom stereocenters. The van der Waals surface area contributed by atoms with E-state index in [9.17, 15) is 4.79 Å². The van der Waals surface area contributed by atoms with Gasteiger partial charge in [0.25, 0.3) is 5.91 Å². The van der Waals surface area contributed by atoms with Crippen molar-refractivity contribution in [2.75, 3.05) is 18.5 Å². The van der Waals surface area contributed by atoms with Gasteiger partial charge >= 0.3 is 0 Å². The van der Waals surface area contributed by atoms with Crippen LogP contribution in [0, 0.1) is 0 Å². The zero-order valence-electron chi connectivity index (χ0n) is 19.4. The molecular weight excluding hydrogens is 460 g/mol. The zero-order chi connectivity index (χ0) is 24.0. The van der Waals surface area contributed by atoms with Gasteiger partial charge in [0, 0.05) is 42.0 Å². The Kier molecular flexibility index (Phi) is 7.20. The number of nitrogens with zero attached hydrogens (tertiary/aromatic N) is 2. The number of aliphatic hydroxyl groups is 1. The molecule has 0 spiro atoms. The summed E-state index contributed by atoms with van der Waals surface area (Å²) in [4.78, 5) is 21.2. The van der Waals surface area contributed by atoms with E-state index in [1.54, 1.807) is 29.7 Å². The van der Waals surface area contributed by atoms with E-state index in [1.807, 2.05) is 42.5 Å². The third-order valence-corrected chi connectivity index (χ3v) is 7.05. The Morgan fingerprint density at radius 3 is 2.63 bits per heavy atom. The van der Waals surface area contributed by atoms with Crippen LogP contribution in [0.2, 0.25) is 0 Å². The lowest BCUT2D eigenvalue weighted by Crippen LogP contribution is -2.26. The minimum absolute atomic E-state index is 0.0883. The molecule has 8 heteroatoms. The summed E-state index contributed by atoms with van der Waals surface area (Å²) in [5, 5.41) is 16.1. The predicted octanol–water partition coefficient (Wildman–Crippen LogP) is 5.62. The number of carbonyl (C=O) groups is 1. The fourth-order valence-electron chi connectivity index (χ4n) is 4.28. The number of pyridine rings is 1. The molecule has 1 aliphatic carbocycles. The lowest BCUT2D eigenvalue weighted by molar-refractivity contribution is 0.0945. The Hall–Kier alpha value is -3.49. The van der Waals surface area contributed by atoms with E-state index in [0.29, 0.717) is 17.4 Å². The molecule has 1 aliphatic rings. The third kappa shape index (κ3) is 5.78. The van der Waals surface area contributed by atoms with Gasteiger partial charge in [-0.3, -0.25) is 9.78 Å². The van der Waals surface area contributed by atoms with Crippen molar-refractivity contribution in [3.63, 3.8) is 0 Å². The van der Waals surface area contributed by atoms with Crippen LogP contribution in [0.25, 0.3) is 21.5 Å². The number of thiazole rings is 1. The Labute approximate surface area is 208 Å². The van der Waals surface area contributed by atoms with Crippen molar-refractivity contribution in [2.24, 2.45) is 0 Å². The van der Waals surface area contributed by atoms with Gasteiger partial charge in [-0.25, -0.2) is 4.98 Å². The monoisotopic (exact) mass is 488 g/mol. The number of fused-ring (bicyclic) bond motifs is 1. The van der Waals surface area contributed by atoms with E-state index in [1.165, 1.54) is 32.1 Å². The van der Waals surface area contributed by atoms with Crippen molar-refractivity contribution in [3.8, 4) is 22.8 Å². The quantitative estimate of drug-likeness (QED) is 0.298. The van der Waals surface area contributed by atoms with Crippen LogP contribution >= 0.6 is 11.3 Å². The second-order valence-electron chi connectivity index (χ2n) is 8.66. The summed E-state index contributed by atoms with van der Waals surface area (Å²) in [7, 11) is 0. The minimum Gasteiger partial charge on any atom is -0.457 e. The van der Waals surface area contributed by atoms with Gasteiger partial charge in [-0.1, -0.05) is 42.7 Å². The molecule has 1 fully saturated rings. The van der Waals surface area contributed by atoms with Crippen LogP contribution in [0.3, 0.4) is 0 Å². The molecule has 1 saturated carbocycles. The average Bonchev–Trinajstić information content (AvgIpc) is 3.29. The van der Waals surface area contributed by atoms with Crippen molar-refractivity contribution >= 4 is 32.6 Å². The molecule has 2 heterocycles. The molecule has 2 aromatic heterocycles. The highest BCUT2D eigenvalue weighted by atomic mass is 32.1. The van der Waals surface area contributed by atoms with Gasteiger partial charge in [-0.2, -0.15) is 0 Å². The summed E-state index contributed by atoms with van der Waals surface area (Å²) in [6.07, 6.45) is 8.06. The number of carbonyl (C=O) groups excluding carboxylic acids is 1. The lowest BCUT2D eigenvalue weighted by atomic mass is 9.96. The van der Waals surface area contributed by atoms with Gasteiger partial charge < -0.3 is 20.5 Å². The van der Waals surface area contributed by atoms with Crippen LogP contribution in [0.5, 0.6) is 11.5 Å². The van der Waals surface area contributed by atoms with Crippen molar-refractivity contribution in [3.05, 3.63) is 66.4 Å². The lowest BCUT2D eigenvalue weighted by Gasteiger charge is -2.22. The molecule has 0 radical (unpaired) electrons. The number of amides is 1. The number of aromatic nitrogens is 2. The van der Waals surface area contributed by atoms with Crippen LogP contribution in [-0.4, -0.2) is 40.2 Å². The molecule has 0 aliphatic heterocycles. The van der Waals surface area contributed by atoms with Gasteiger partial charge in [-0.05, 0) is 43.2 Å². The number of hydrogen-bond donors (Lipinski definition) is 3. The summed E-state index contributed by atoms with van der Waals surface area (Å²) < 4.78 is 7.23. The maximum absolute atomic E-state index is 12.0. The maximum Gasteiger partial charge on any atom is 0.251 e. The van der Waals surface area contributed by atoms with E-state index < -0.39 is 0 Å². The molecular formula is C27H28N4O3S. The van der Waals surface area contributed by atoms with Crippen LogP contribution < -0.4 is 15.4 Å². The van der Waals surface area contributed by atoms with Gasteiger partial charge in [0.05, 0.1) is 22.5 Å². The third-order valence-electron chi connectivity index (χ3n) is 6.10. The zero-order valence-corrected chi connectivity index (χ0v) is 20.2. The Bertz CT molecular complexity index is 1300. The molecule has 0 saturated heterocycles. The minimum atomic E-state index is -0.216. The highest BCUT2D eigenvalue weighted by Gasteiger charge is 2.15. The smallest absolute Gasteiger partial charge is 0.251 e. The van der Waals surface area contributed by atoms with Crippen LogP contribution in [-0.2, 0) is 0 Å². The summed E-state index contributed by atoms with van der Waals surface area (Å²) in [6.45, 7) is 0.141. The number of anilines is 1. The largest absolute Gasteiger partial charge is 0.457 e. The number of ether oxygens (including phenoxy) is 1. The molecule has 180 valence electrons. The first kappa shape index (κ1) is 23.3. The topological polar surface area (TPSA) is 96.4 Å². The summed E-state index contributed by atoms with van der Waals surface area (Å²) >= 11 is 1.66. The predicted molar refractivity (Wildman–Crippen MR) is 139 cm³/mol. The molecule has 0 atom stereocenters. The fraction of sp³-hybridized carbons (Fsp3) is 0.296. The first-order valence-corrected chi connectivity index (χ1v) is 12.8. The first-order valence-electron chi connectivity index (χ1n) is 12.0. The average molecular weight is 489 g/mol. The number of hydrogen-bond acceptors (Lipinski definition) is 7. The van der Waals surface area contributed by atoms with Crippen LogP contribution in [0.4, 0.5) is 5.13 Å². The molecule has 4 aromatic rings. The van der Waals surface area contributed by atoms with E-state index in [2.05, 4.69) is 15.6 Å². The van der Waals surface area contributed by atoms with Crippen molar-refractivity contribution in [1.82, 2.24) is 15.3 Å². The van der Waals surface area contributed by atoms with Crippen LogP contribution in [0.15, 0.2) is 60.8 Å². The molecule has 5 rings (SSSR count). The van der Waals surface area contributed by atoms with E-state index in [-0.39, 0.29) is 19.1 Å².